The molecule has 1 rings (SSSR count). The standard InChI is InChI=1S/C10H9F5N2O2/c1-19-5(18)2-4-3-17-8(9(11)12)7(16)6(4)10(13,14)15/h3,9H,2,16H2,1H3. The van der Waals surface area contributed by atoms with Crippen LogP contribution in [0.3, 0.4) is 0 Å². The fourth-order valence-electron chi connectivity index (χ4n) is 1.45. The molecule has 0 bridgehead atoms. The lowest BCUT2D eigenvalue weighted by molar-refractivity contribution is -0.141. The lowest BCUT2D eigenvalue weighted by Crippen LogP contribution is -2.18. The number of rotatable bonds is 3. The van der Waals surface area contributed by atoms with Crippen molar-refractivity contribution in [2.45, 2.75) is 19.0 Å². The predicted molar refractivity (Wildman–Crippen MR) is 54.3 cm³/mol. The SMILES string of the molecule is COC(=O)Cc1cnc(C(F)F)c(N)c1C(F)(F)F. The van der Waals surface area contributed by atoms with Crippen LogP contribution in [0.4, 0.5) is 27.6 Å². The van der Waals surface area contributed by atoms with Gasteiger partial charge in [0.1, 0.15) is 5.69 Å². The van der Waals surface area contributed by atoms with E-state index >= 15 is 0 Å². The summed E-state index contributed by atoms with van der Waals surface area (Å²) in [6.07, 6.45) is -8.42. The molecule has 0 aliphatic carbocycles. The van der Waals surface area contributed by atoms with Gasteiger partial charge in [0.15, 0.2) is 0 Å². The molecule has 0 radical (unpaired) electrons. The van der Waals surface area contributed by atoms with E-state index in [1.54, 1.807) is 0 Å². The highest BCUT2D eigenvalue weighted by Crippen LogP contribution is 2.39. The van der Waals surface area contributed by atoms with Gasteiger partial charge in [-0.1, -0.05) is 0 Å². The van der Waals surface area contributed by atoms with Gasteiger partial charge in [0.05, 0.1) is 24.8 Å². The number of nitrogens with zero attached hydrogens (tertiary/aromatic N) is 1. The number of methoxy groups -OCH3 is 1. The minimum Gasteiger partial charge on any atom is -0.469 e. The summed E-state index contributed by atoms with van der Waals surface area (Å²) in [6, 6.07) is 0. The minimum atomic E-state index is -4.97. The fourth-order valence-corrected chi connectivity index (χ4v) is 1.45. The van der Waals surface area contributed by atoms with Crippen LogP contribution in [0.25, 0.3) is 0 Å². The maximum atomic E-state index is 12.8. The zero-order chi connectivity index (χ0) is 14.8. The molecule has 1 heterocycles. The number of ether oxygens (including phenoxy) is 1. The largest absolute Gasteiger partial charge is 0.469 e. The van der Waals surface area contributed by atoms with E-state index in [0.717, 1.165) is 7.11 Å². The van der Waals surface area contributed by atoms with Crippen molar-refractivity contribution in [3.05, 3.63) is 23.0 Å². The molecule has 0 aromatic carbocycles. The highest BCUT2D eigenvalue weighted by atomic mass is 19.4. The van der Waals surface area contributed by atoms with Gasteiger partial charge in [-0.2, -0.15) is 13.2 Å². The van der Waals surface area contributed by atoms with Crippen LogP contribution in [0.2, 0.25) is 0 Å². The average Bonchev–Trinajstić information content (AvgIpc) is 2.26. The Morgan fingerprint density at radius 2 is 2.05 bits per heavy atom. The Kier molecular flexibility index (Phi) is 4.28. The topological polar surface area (TPSA) is 65.2 Å². The number of nitrogen functional groups attached to an aromatic ring is 1. The molecule has 1 aromatic rings. The monoisotopic (exact) mass is 284 g/mol. The Bertz CT molecular complexity index is 488. The second-order valence-electron chi connectivity index (χ2n) is 3.51. The Balaban J connectivity index is 3.40. The number of alkyl halides is 5. The molecule has 0 aliphatic heterocycles. The summed E-state index contributed by atoms with van der Waals surface area (Å²) in [5.74, 6) is -0.962. The van der Waals surface area contributed by atoms with E-state index in [1.165, 1.54) is 0 Å². The van der Waals surface area contributed by atoms with Crippen LogP contribution in [0.5, 0.6) is 0 Å². The summed E-state index contributed by atoms with van der Waals surface area (Å²) in [4.78, 5) is 14.1. The number of carbonyl (C=O) groups excluding carboxylic acids is 1. The maximum absolute atomic E-state index is 12.8. The Hall–Kier alpha value is -1.93. The molecule has 19 heavy (non-hydrogen) atoms. The van der Waals surface area contributed by atoms with E-state index < -0.39 is 47.5 Å². The van der Waals surface area contributed by atoms with Crippen molar-refractivity contribution in [3.8, 4) is 0 Å². The van der Waals surface area contributed by atoms with Crippen LogP contribution in [-0.2, 0) is 22.1 Å². The first kappa shape index (κ1) is 15.1. The Morgan fingerprint density at radius 3 is 2.47 bits per heavy atom. The van der Waals surface area contributed by atoms with Crippen molar-refractivity contribution in [2.75, 3.05) is 12.8 Å². The zero-order valence-electron chi connectivity index (χ0n) is 9.59. The molecule has 0 spiro atoms. The predicted octanol–water partition coefficient (Wildman–Crippen LogP) is 2.34. The number of halogens is 5. The first-order chi connectivity index (χ1) is 8.68. The van der Waals surface area contributed by atoms with Crippen molar-refractivity contribution in [2.24, 2.45) is 0 Å². The molecule has 0 amide bonds. The smallest absolute Gasteiger partial charge is 0.418 e. The van der Waals surface area contributed by atoms with E-state index in [1.807, 2.05) is 0 Å². The maximum Gasteiger partial charge on any atom is 0.418 e. The summed E-state index contributed by atoms with van der Waals surface area (Å²) in [5, 5.41) is 0. The second kappa shape index (κ2) is 5.37. The van der Waals surface area contributed by atoms with Gasteiger partial charge in [-0.25, -0.2) is 8.78 Å². The lowest BCUT2D eigenvalue weighted by Gasteiger charge is -2.16. The van der Waals surface area contributed by atoms with Crippen LogP contribution < -0.4 is 5.73 Å². The normalized spacial score (nSPS) is 11.7. The summed E-state index contributed by atoms with van der Waals surface area (Å²) < 4.78 is 67.5. The van der Waals surface area contributed by atoms with E-state index in [2.05, 4.69) is 9.72 Å². The Labute approximate surface area is 104 Å². The molecule has 4 nitrogen and oxygen atoms in total. The molecule has 2 N–H and O–H groups in total. The lowest BCUT2D eigenvalue weighted by atomic mass is 10.0. The van der Waals surface area contributed by atoms with E-state index in [-0.39, 0.29) is 0 Å². The number of esters is 1. The van der Waals surface area contributed by atoms with Gasteiger partial charge < -0.3 is 10.5 Å². The number of hydrogen-bond acceptors (Lipinski definition) is 4. The van der Waals surface area contributed by atoms with Crippen LogP contribution in [0.15, 0.2) is 6.20 Å². The molecule has 0 fully saturated rings. The highest BCUT2D eigenvalue weighted by molar-refractivity contribution is 5.74. The molecule has 0 aliphatic rings. The molecule has 0 unspecified atom stereocenters. The van der Waals surface area contributed by atoms with Gasteiger partial charge in [-0.05, 0) is 5.56 Å². The van der Waals surface area contributed by atoms with Crippen molar-refractivity contribution in [3.63, 3.8) is 0 Å². The summed E-state index contributed by atoms with van der Waals surface area (Å²) >= 11 is 0. The number of carbonyl (C=O) groups is 1. The van der Waals surface area contributed by atoms with Crippen LogP contribution in [-0.4, -0.2) is 18.1 Å². The molecular formula is C10H9F5N2O2. The first-order valence-electron chi connectivity index (χ1n) is 4.87. The number of aromatic nitrogens is 1. The number of anilines is 1. The highest BCUT2D eigenvalue weighted by Gasteiger charge is 2.38. The van der Waals surface area contributed by atoms with Crippen LogP contribution in [0.1, 0.15) is 23.2 Å². The van der Waals surface area contributed by atoms with Crippen molar-refractivity contribution in [1.82, 2.24) is 4.98 Å². The van der Waals surface area contributed by atoms with Crippen molar-refractivity contribution < 1.29 is 31.5 Å². The van der Waals surface area contributed by atoms with E-state index in [4.69, 9.17) is 5.73 Å². The fraction of sp³-hybridized carbons (Fsp3) is 0.400. The van der Waals surface area contributed by atoms with E-state index in [9.17, 15) is 26.7 Å². The number of pyridine rings is 1. The number of nitrogens with two attached hydrogens (primary N) is 1. The van der Waals surface area contributed by atoms with Gasteiger partial charge in [0.25, 0.3) is 6.43 Å². The van der Waals surface area contributed by atoms with E-state index in [0.29, 0.717) is 6.20 Å². The molecule has 0 saturated carbocycles. The molecular weight excluding hydrogens is 275 g/mol. The third-order valence-electron chi connectivity index (χ3n) is 2.28. The van der Waals surface area contributed by atoms with Crippen LogP contribution in [0, 0.1) is 0 Å². The van der Waals surface area contributed by atoms with Gasteiger partial charge >= 0.3 is 12.1 Å². The third kappa shape index (κ3) is 3.30. The number of hydrogen-bond donors (Lipinski definition) is 1. The molecule has 0 saturated heterocycles. The summed E-state index contributed by atoms with van der Waals surface area (Å²) in [5.41, 5.74) is 0.638. The van der Waals surface area contributed by atoms with Gasteiger partial charge in [0, 0.05) is 6.20 Å². The third-order valence-corrected chi connectivity index (χ3v) is 2.28. The first-order valence-corrected chi connectivity index (χ1v) is 4.87. The van der Waals surface area contributed by atoms with Gasteiger partial charge in [-0.3, -0.25) is 9.78 Å². The molecule has 106 valence electrons. The minimum absolute atomic E-state index is 0.553. The summed E-state index contributed by atoms with van der Waals surface area (Å²) in [7, 11) is 0.986. The Morgan fingerprint density at radius 1 is 1.47 bits per heavy atom. The van der Waals surface area contributed by atoms with Crippen molar-refractivity contribution in [1.29, 1.82) is 0 Å². The zero-order valence-corrected chi connectivity index (χ0v) is 9.59. The quantitative estimate of drug-likeness (QED) is 0.683. The van der Waals surface area contributed by atoms with Crippen LogP contribution >= 0.6 is 0 Å². The molecule has 9 heteroatoms. The summed E-state index contributed by atoms with van der Waals surface area (Å²) in [6.45, 7) is 0. The van der Waals surface area contributed by atoms with Crippen molar-refractivity contribution >= 4 is 11.7 Å². The van der Waals surface area contributed by atoms with Gasteiger partial charge in [0.2, 0.25) is 0 Å². The second-order valence-corrected chi connectivity index (χ2v) is 3.51. The molecule has 1 aromatic heterocycles. The van der Waals surface area contributed by atoms with Gasteiger partial charge in [-0.15, -0.1) is 0 Å². The average molecular weight is 284 g/mol. The molecule has 0 atom stereocenters.